The topological polar surface area (TPSA) is 42.0 Å². The molecule has 1 amide bonds. The van der Waals surface area contributed by atoms with Gasteiger partial charge >= 0.3 is 0 Å². The Balaban J connectivity index is 1.87. The number of hydrogen-bond donors (Lipinski definition) is 1. The Morgan fingerprint density at radius 1 is 1.26 bits per heavy atom. The van der Waals surface area contributed by atoms with Crippen LogP contribution in [0.5, 0.6) is 0 Å². The molecule has 0 saturated heterocycles. The van der Waals surface area contributed by atoms with Crippen molar-refractivity contribution >= 4 is 5.91 Å². The minimum Gasteiger partial charge on any atom is -0.352 e. The summed E-state index contributed by atoms with van der Waals surface area (Å²) in [5, 5.41) is 2.82. The number of rotatable bonds is 4. The quantitative estimate of drug-likeness (QED) is 0.915. The molecule has 19 heavy (non-hydrogen) atoms. The predicted molar refractivity (Wildman–Crippen MR) is 71.4 cm³/mol. The zero-order chi connectivity index (χ0) is 13.7. The van der Waals surface area contributed by atoms with Crippen LogP contribution < -0.4 is 5.32 Å². The molecule has 1 aromatic carbocycles. The number of nitrogens with zero attached hydrogens (tertiary/aromatic N) is 1. The van der Waals surface area contributed by atoms with E-state index in [2.05, 4.69) is 10.3 Å². The molecule has 0 atom stereocenters. The number of benzene rings is 1. The normalized spacial score (nSPS) is 10.2. The Bertz CT molecular complexity index is 570. The highest BCUT2D eigenvalue weighted by Gasteiger charge is 2.04. The Kier molecular flexibility index (Phi) is 4.23. The second kappa shape index (κ2) is 6.09. The maximum Gasteiger partial charge on any atom is 0.251 e. The molecule has 3 nitrogen and oxygen atoms in total. The van der Waals surface area contributed by atoms with Crippen LogP contribution in [0.15, 0.2) is 42.7 Å². The number of aryl methyl sites for hydroxylation is 1. The van der Waals surface area contributed by atoms with Crippen molar-refractivity contribution < 1.29 is 9.18 Å². The molecule has 4 heteroatoms. The van der Waals surface area contributed by atoms with E-state index in [1.165, 1.54) is 6.07 Å². The van der Waals surface area contributed by atoms with E-state index in [4.69, 9.17) is 0 Å². The largest absolute Gasteiger partial charge is 0.352 e. The van der Waals surface area contributed by atoms with Crippen LogP contribution in [-0.4, -0.2) is 17.4 Å². The molecule has 0 aliphatic heterocycles. The lowest BCUT2D eigenvalue weighted by atomic mass is 10.1. The van der Waals surface area contributed by atoms with Gasteiger partial charge in [0.2, 0.25) is 0 Å². The van der Waals surface area contributed by atoms with Gasteiger partial charge in [-0.15, -0.1) is 0 Å². The van der Waals surface area contributed by atoms with Crippen molar-refractivity contribution in [2.75, 3.05) is 6.54 Å². The van der Waals surface area contributed by atoms with E-state index in [-0.39, 0.29) is 11.7 Å². The molecular weight excluding hydrogens is 243 g/mol. The summed E-state index contributed by atoms with van der Waals surface area (Å²) in [5.41, 5.74) is 2.22. The molecule has 1 heterocycles. The van der Waals surface area contributed by atoms with Crippen LogP contribution in [-0.2, 0) is 6.42 Å². The van der Waals surface area contributed by atoms with Crippen LogP contribution in [0.2, 0.25) is 0 Å². The Morgan fingerprint density at radius 3 is 2.68 bits per heavy atom. The summed E-state index contributed by atoms with van der Waals surface area (Å²) >= 11 is 0. The third-order valence-corrected chi connectivity index (χ3v) is 2.86. The number of halogens is 1. The number of carbonyl (C=O) groups is 1. The van der Waals surface area contributed by atoms with Gasteiger partial charge in [0.1, 0.15) is 5.82 Å². The standard InChI is InChI=1S/C15H15FN2O/c1-11-10-12(2-3-14(11)16)4-9-18-15(19)13-5-7-17-8-6-13/h2-3,5-8,10H,4,9H2,1H3,(H,18,19). The summed E-state index contributed by atoms with van der Waals surface area (Å²) in [7, 11) is 0. The van der Waals surface area contributed by atoms with Crippen LogP contribution >= 0.6 is 0 Å². The van der Waals surface area contributed by atoms with Crippen LogP contribution in [0.1, 0.15) is 21.5 Å². The predicted octanol–water partition coefficient (Wildman–Crippen LogP) is 2.50. The van der Waals surface area contributed by atoms with Gasteiger partial charge < -0.3 is 5.32 Å². The number of hydrogen-bond acceptors (Lipinski definition) is 2. The van der Waals surface area contributed by atoms with Crippen LogP contribution in [0.25, 0.3) is 0 Å². The van der Waals surface area contributed by atoms with Gasteiger partial charge in [-0.2, -0.15) is 0 Å². The molecule has 0 aliphatic rings. The van der Waals surface area contributed by atoms with E-state index in [1.807, 2.05) is 0 Å². The van der Waals surface area contributed by atoms with Gasteiger partial charge in [-0.25, -0.2) is 4.39 Å². The molecule has 1 aromatic heterocycles. The first-order valence-corrected chi connectivity index (χ1v) is 6.10. The van der Waals surface area contributed by atoms with Gasteiger partial charge in [0.25, 0.3) is 5.91 Å². The van der Waals surface area contributed by atoms with Crippen LogP contribution in [0.4, 0.5) is 4.39 Å². The van der Waals surface area contributed by atoms with Gasteiger partial charge in [-0.1, -0.05) is 12.1 Å². The highest BCUT2D eigenvalue weighted by Crippen LogP contribution is 2.09. The van der Waals surface area contributed by atoms with E-state index in [0.717, 1.165) is 5.56 Å². The van der Waals surface area contributed by atoms with Gasteiger partial charge in [0.05, 0.1) is 0 Å². The number of aromatic nitrogens is 1. The fourth-order valence-corrected chi connectivity index (χ4v) is 1.79. The van der Waals surface area contributed by atoms with E-state index >= 15 is 0 Å². The molecule has 2 aromatic rings. The number of nitrogens with one attached hydrogen (secondary N) is 1. The number of amides is 1. The minimum absolute atomic E-state index is 0.124. The molecule has 2 rings (SSSR count). The first-order valence-electron chi connectivity index (χ1n) is 6.10. The van der Waals surface area contributed by atoms with E-state index in [0.29, 0.717) is 24.1 Å². The molecule has 0 saturated carbocycles. The number of carbonyl (C=O) groups excluding carboxylic acids is 1. The molecule has 0 fully saturated rings. The average Bonchev–Trinajstić information content (AvgIpc) is 2.43. The summed E-state index contributed by atoms with van der Waals surface area (Å²) in [4.78, 5) is 15.6. The lowest BCUT2D eigenvalue weighted by Crippen LogP contribution is -2.25. The van der Waals surface area contributed by atoms with Crippen molar-refractivity contribution in [2.24, 2.45) is 0 Å². The monoisotopic (exact) mass is 258 g/mol. The summed E-state index contributed by atoms with van der Waals surface area (Å²) in [6, 6.07) is 8.32. The summed E-state index contributed by atoms with van der Waals surface area (Å²) in [6.07, 6.45) is 3.84. The molecule has 0 aliphatic carbocycles. The van der Waals surface area contributed by atoms with Gasteiger partial charge in [0.15, 0.2) is 0 Å². The molecule has 0 bridgehead atoms. The van der Waals surface area contributed by atoms with Crippen LogP contribution in [0, 0.1) is 12.7 Å². The Hall–Kier alpha value is -2.23. The second-order valence-electron chi connectivity index (χ2n) is 4.33. The second-order valence-corrected chi connectivity index (χ2v) is 4.33. The smallest absolute Gasteiger partial charge is 0.251 e. The van der Waals surface area contributed by atoms with Gasteiger partial charge in [-0.3, -0.25) is 9.78 Å². The fraction of sp³-hybridized carbons (Fsp3) is 0.200. The summed E-state index contributed by atoms with van der Waals surface area (Å²) in [5.74, 6) is -0.328. The maximum atomic E-state index is 13.1. The van der Waals surface area contributed by atoms with Crippen molar-refractivity contribution in [3.8, 4) is 0 Å². The van der Waals surface area contributed by atoms with Crippen molar-refractivity contribution in [1.29, 1.82) is 0 Å². The Labute approximate surface area is 111 Å². The highest BCUT2D eigenvalue weighted by atomic mass is 19.1. The van der Waals surface area contributed by atoms with Crippen molar-refractivity contribution in [2.45, 2.75) is 13.3 Å². The molecule has 0 radical (unpaired) electrons. The lowest BCUT2D eigenvalue weighted by molar-refractivity contribution is 0.0954. The first-order chi connectivity index (χ1) is 9.16. The third kappa shape index (κ3) is 3.61. The molecular formula is C15H15FN2O. The maximum absolute atomic E-state index is 13.1. The third-order valence-electron chi connectivity index (χ3n) is 2.86. The van der Waals surface area contributed by atoms with E-state index in [9.17, 15) is 9.18 Å². The zero-order valence-electron chi connectivity index (χ0n) is 10.7. The van der Waals surface area contributed by atoms with Gasteiger partial charge in [0, 0.05) is 24.5 Å². The first kappa shape index (κ1) is 13.2. The summed E-state index contributed by atoms with van der Waals surface area (Å²) in [6.45, 7) is 2.25. The molecule has 1 N–H and O–H groups in total. The highest BCUT2D eigenvalue weighted by molar-refractivity contribution is 5.93. The van der Waals surface area contributed by atoms with E-state index in [1.54, 1.807) is 43.6 Å². The molecule has 0 unspecified atom stereocenters. The number of pyridine rings is 1. The zero-order valence-corrected chi connectivity index (χ0v) is 10.7. The fourth-order valence-electron chi connectivity index (χ4n) is 1.79. The van der Waals surface area contributed by atoms with Gasteiger partial charge in [-0.05, 0) is 42.7 Å². The van der Waals surface area contributed by atoms with E-state index < -0.39 is 0 Å². The lowest BCUT2D eigenvalue weighted by Gasteiger charge is -2.06. The molecule has 98 valence electrons. The SMILES string of the molecule is Cc1cc(CCNC(=O)c2ccncc2)ccc1F. The minimum atomic E-state index is -0.204. The van der Waals surface area contributed by atoms with Crippen molar-refractivity contribution in [1.82, 2.24) is 10.3 Å². The summed E-state index contributed by atoms with van der Waals surface area (Å²) < 4.78 is 13.1. The van der Waals surface area contributed by atoms with Crippen molar-refractivity contribution in [3.63, 3.8) is 0 Å². The molecule has 0 spiro atoms. The Morgan fingerprint density at radius 2 is 2.00 bits per heavy atom. The van der Waals surface area contributed by atoms with Crippen LogP contribution in [0.3, 0.4) is 0 Å². The van der Waals surface area contributed by atoms with Crippen molar-refractivity contribution in [3.05, 3.63) is 65.2 Å². The average molecular weight is 258 g/mol.